The zero-order valence-electron chi connectivity index (χ0n) is 11.3. The van der Waals surface area contributed by atoms with Crippen LogP contribution in [0.4, 0.5) is 5.69 Å². The van der Waals surface area contributed by atoms with Crippen LogP contribution < -0.4 is 11.1 Å². The minimum absolute atomic E-state index is 0.380. The summed E-state index contributed by atoms with van der Waals surface area (Å²) in [5.41, 5.74) is 7.52. The van der Waals surface area contributed by atoms with Crippen molar-refractivity contribution in [2.45, 2.75) is 39.2 Å². The van der Waals surface area contributed by atoms with Gasteiger partial charge in [-0.3, -0.25) is 4.79 Å². The number of amides is 1. The van der Waals surface area contributed by atoms with Crippen molar-refractivity contribution in [2.75, 3.05) is 5.73 Å². The Hall–Kier alpha value is -2.04. The molecule has 1 unspecified atom stereocenters. The van der Waals surface area contributed by atoms with E-state index in [1.807, 2.05) is 13.8 Å². The van der Waals surface area contributed by atoms with Gasteiger partial charge in [-0.1, -0.05) is 25.8 Å². The molecule has 5 nitrogen and oxygen atoms in total. The molecule has 0 bridgehead atoms. The van der Waals surface area contributed by atoms with Crippen LogP contribution in [-0.4, -0.2) is 23.0 Å². The number of nitrogen functional groups attached to an aromatic ring is 1. The number of aliphatic carboxylic acids is 1. The lowest BCUT2D eigenvalue weighted by Crippen LogP contribution is -2.40. The molecule has 1 atom stereocenters. The molecule has 5 heteroatoms. The Morgan fingerprint density at radius 3 is 2.63 bits per heavy atom. The third-order valence-electron chi connectivity index (χ3n) is 2.99. The van der Waals surface area contributed by atoms with E-state index in [2.05, 4.69) is 5.32 Å². The normalized spacial score (nSPS) is 11.9. The summed E-state index contributed by atoms with van der Waals surface area (Å²) in [6.45, 7) is 3.82. The van der Waals surface area contributed by atoms with Gasteiger partial charge in [-0.05, 0) is 31.0 Å². The van der Waals surface area contributed by atoms with E-state index in [0.717, 1.165) is 18.4 Å². The number of carbonyl (C=O) groups excluding carboxylic acids is 1. The molecule has 1 aromatic carbocycles. The van der Waals surface area contributed by atoms with Crippen LogP contribution >= 0.6 is 0 Å². The SMILES string of the molecule is CCCCC(NC(=O)c1ccc(C)c(N)c1)C(=O)O. The molecule has 0 saturated heterocycles. The van der Waals surface area contributed by atoms with Gasteiger partial charge in [0.2, 0.25) is 0 Å². The van der Waals surface area contributed by atoms with Gasteiger partial charge in [-0.15, -0.1) is 0 Å². The topological polar surface area (TPSA) is 92.4 Å². The fraction of sp³-hybridized carbons (Fsp3) is 0.429. The van der Waals surface area contributed by atoms with Crippen LogP contribution in [0.25, 0.3) is 0 Å². The molecule has 0 aliphatic rings. The maximum Gasteiger partial charge on any atom is 0.326 e. The maximum atomic E-state index is 12.0. The number of hydrogen-bond acceptors (Lipinski definition) is 3. The summed E-state index contributed by atoms with van der Waals surface area (Å²) >= 11 is 0. The molecule has 0 aliphatic carbocycles. The van der Waals surface area contributed by atoms with Gasteiger partial charge in [-0.25, -0.2) is 4.79 Å². The number of nitrogens with two attached hydrogens (primary N) is 1. The highest BCUT2D eigenvalue weighted by atomic mass is 16.4. The van der Waals surface area contributed by atoms with Crippen LogP contribution in [-0.2, 0) is 4.79 Å². The van der Waals surface area contributed by atoms with Gasteiger partial charge in [0.25, 0.3) is 5.91 Å². The molecule has 19 heavy (non-hydrogen) atoms. The first-order valence-electron chi connectivity index (χ1n) is 6.35. The highest BCUT2D eigenvalue weighted by Gasteiger charge is 2.20. The summed E-state index contributed by atoms with van der Waals surface area (Å²) in [4.78, 5) is 23.0. The summed E-state index contributed by atoms with van der Waals surface area (Å²) in [5.74, 6) is -1.42. The monoisotopic (exact) mass is 264 g/mol. The van der Waals surface area contributed by atoms with Gasteiger partial charge in [0.05, 0.1) is 0 Å². The standard InChI is InChI=1S/C14H20N2O3/c1-3-4-5-12(14(18)19)16-13(17)10-7-6-9(2)11(15)8-10/h6-8,12H,3-5,15H2,1-2H3,(H,16,17)(H,18,19). The van der Waals surface area contributed by atoms with E-state index in [9.17, 15) is 9.59 Å². The minimum atomic E-state index is -1.01. The molecule has 0 aromatic heterocycles. The third-order valence-corrected chi connectivity index (χ3v) is 2.99. The average Bonchev–Trinajstić information content (AvgIpc) is 2.37. The summed E-state index contributed by atoms with van der Waals surface area (Å²) in [7, 11) is 0. The second kappa shape index (κ2) is 6.78. The van der Waals surface area contributed by atoms with Crippen molar-refractivity contribution in [3.8, 4) is 0 Å². The number of carbonyl (C=O) groups is 2. The lowest BCUT2D eigenvalue weighted by molar-refractivity contribution is -0.139. The Labute approximate surface area is 112 Å². The number of carboxylic acids is 1. The molecule has 4 N–H and O–H groups in total. The van der Waals surface area contributed by atoms with Crippen LogP contribution in [0, 0.1) is 6.92 Å². The van der Waals surface area contributed by atoms with Crippen LogP contribution in [0.15, 0.2) is 18.2 Å². The smallest absolute Gasteiger partial charge is 0.326 e. The van der Waals surface area contributed by atoms with Gasteiger partial charge < -0.3 is 16.2 Å². The summed E-state index contributed by atoms with van der Waals surface area (Å²) in [6.07, 6.45) is 2.07. The number of benzene rings is 1. The number of anilines is 1. The van der Waals surface area contributed by atoms with Gasteiger partial charge in [0, 0.05) is 11.3 Å². The predicted octanol–water partition coefficient (Wildman–Crippen LogP) is 1.95. The average molecular weight is 264 g/mol. The van der Waals surface area contributed by atoms with Crippen LogP contribution in [0.1, 0.15) is 42.1 Å². The van der Waals surface area contributed by atoms with E-state index >= 15 is 0 Å². The lowest BCUT2D eigenvalue weighted by Gasteiger charge is -2.14. The maximum absolute atomic E-state index is 12.0. The van der Waals surface area contributed by atoms with Crippen LogP contribution in [0.5, 0.6) is 0 Å². The van der Waals surface area contributed by atoms with Gasteiger partial charge in [0.1, 0.15) is 6.04 Å². The number of nitrogens with one attached hydrogen (secondary N) is 1. The molecule has 0 fully saturated rings. The highest BCUT2D eigenvalue weighted by molar-refractivity contribution is 5.97. The number of unbranched alkanes of at least 4 members (excludes halogenated alkanes) is 1. The van der Waals surface area contributed by atoms with Crippen molar-refractivity contribution < 1.29 is 14.7 Å². The molecule has 0 aliphatic heterocycles. The molecule has 1 rings (SSSR count). The molecule has 1 aromatic rings. The van der Waals surface area contributed by atoms with Crippen molar-refractivity contribution >= 4 is 17.6 Å². The largest absolute Gasteiger partial charge is 0.480 e. The number of rotatable bonds is 6. The van der Waals surface area contributed by atoms with Crippen molar-refractivity contribution in [1.82, 2.24) is 5.32 Å². The second-order valence-corrected chi connectivity index (χ2v) is 4.58. The van der Waals surface area contributed by atoms with Crippen molar-refractivity contribution in [1.29, 1.82) is 0 Å². The first kappa shape index (κ1) is 15.0. The van der Waals surface area contributed by atoms with Crippen LogP contribution in [0.3, 0.4) is 0 Å². The van der Waals surface area contributed by atoms with E-state index < -0.39 is 17.9 Å². The highest BCUT2D eigenvalue weighted by Crippen LogP contribution is 2.13. The number of carboxylic acid groups (broad SMARTS) is 1. The summed E-state index contributed by atoms with van der Waals surface area (Å²) in [5, 5.41) is 11.6. The number of aryl methyl sites for hydroxylation is 1. The van der Waals surface area contributed by atoms with Crippen molar-refractivity contribution in [3.63, 3.8) is 0 Å². The van der Waals surface area contributed by atoms with E-state index in [0.29, 0.717) is 17.7 Å². The first-order valence-corrected chi connectivity index (χ1v) is 6.35. The van der Waals surface area contributed by atoms with E-state index in [1.54, 1.807) is 18.2 Å². The van der Waals surface area contributed by atoms with Gasteiger partial charge >= 0.3 is 5.97 Å². The molecular formula is C14H20N2O3. The predicted molar refractivity (Wildman–Crippen MR) is 74.0 cm³/mol. The Morgan fingerprint density at radius 1 is 1.42 bits per heavy atom. The van der Waals surface area contributed by atoms with E-state index in [-0.39, 0.29) is 0 Å². The Balaban J connectivity index is 2.75. The minimum Gasteiger partial charge on any atom is -0.480 e. The van der Waals surface area contributed by atoms with Crippen molar-refractivity contribution in [3.05, 3.63) is 29.3 Å². The number of hydrogen-bond donors (Lipinski definition) is 3. The summed E-state index contributed by atoms with van der Waals surface area (Å²) < 4.78 is 0. The quantitative estimate of drug-likeness (QED) is 0.685. The Morgan fingerprint density at radius 2 is 2.11 bits per heavy atom. The lowest BCUT2D eigenvalue weighted by atomic mass is 10.1. The molecule has 0 heterocycles. The van der Waals surface area contributed by atoms with E-state index in [4.69, 9.17) is 10.8 Å². The van der Waals surface area contributed by atoms with Crippen LogP contribution in [0.2, 0.25) is 0 Å². The molecule has 0 spiro atoms. The zero-order valence-corrected chi connectivity index (χ0v) is 11.3. The molecular weight excluding hydrogens is 244 g/mol. The molecule has 104 valence electrons. The molecule has 0 radical (unpaired) electrons. The third kappa shape index (κ3) is 4.28. The zero-order chi connectivity index (χ0) is 14.4. The second-order valence-electron chi connectivity index (χ2n) is 4.58. The fourth-order valence-corrected chi connectivity index (χ4v) is 1.69. The van der Waals surface area contributed by atoms with E-state index in [1.165, 1.54) is 0 Å². The fourth-order valence-electron chi connectivity index (χ4n) is 1.69. The first-order chi connectivity index (χ1) is 8.95. The van der Waals surface area contributed by atoms with Crippen molar-refractivity contribution in [2.24, 2.45) is 0 Å². The molecule has 0 saturated carbocycles. The Bertz CT molecular complexity index is 472. The Kier molecular flexibility index (Phi) is 5.36. The van der Waals surface area contributed by atoms with Gasteiger partial charge in [-0.2, -0.15) is 0 Å². The summed E-state index contributed by atoms with van der Waals surface area (Å²) in [6, 6.07) is 4.09. The van der Waals surface area contributed by atoms with Gasteiger partial charge in [0.15, 0.2) is 0 Å². The molecule has 1 amide bonds.